The molecule has 3 heterocycles. The van der Waals surface area contributed by atoms with Crippen LogP contribution in [0.2, 0.25) is 0 Å². The number of ether oxygens (including phenoxy) is 1. The summed E-state index contributed by atoms with van der Waals surface area (Å²) in [7, 11) is 0. The zero-order valence-corrected chi connectivity index (χ0v) is 17.8. The number of carbonyl (C=O) groups is 2. The summed E-state index contributed by atoms with van der Waals surface area (Å²) in [5.41, 5.74) is 2.76. The van der Waals surface area contributed by atoms with Crippen molar-refractivity contribution >= 4 is 22.8 Å². The first-order valence-corrected chi connectivity index (χ1v) is 10.4. The quantitative estimate of drug-likeness (QED) is 0.441. The van der Waals surface area contributed by atoms with Crippen LogP contribution in [0.15, 0.2) is 50.2 Å². The van der Waals surface area contributed by atoms with E-state index in [9.17, 15) is 14.4 Å². The van der Waals surface area contributed by atoms with E-state index in [1.165, 1.54) is 6.07 Å². The number of esters is 1. The third-order valence-corrected chi connectivity index (χ3v) is 5.68. The number of aryl methyl sites for hydroxylation is 1. The molecule has 7 nitrogen and oxygen atoms in total. The Morgan fingerprint density at radius 3 is 2.77 bits per heavy atom. The number of benzene rings is 1. The average Bonchev–Trinajstić information content (AvgIpc) is 3.35. The van der Waals surface area contributed by atoms with Crippen LogP contribution in [0.1, 0.15) is 48.6 Å². The van der Waals surface area contributed by atoms with Gasteiger partial charge >= 0.3 is 11.6 Å². The van der Waals surface area contributed by atoms with Crippen molar-refractivity contribution in [2.45, 2.75) is 46.3 Å². The lowest BCUT2D eigenvalue weighted by Gasteiger charge is -2.15. The van der Waals surface area contributed by atoms with Crippen LogP contribution in [0.3, 0.4) is 0 Å². The fourth-order valence-corrected chi connectivity index (χ4v) is 4.07. The van der Waals surface area contributed by atoms with E-state index in [0.717, 1.165) is 16.5 Å². The first kappa shape index (κ1) is 20.9. The molecule has 0 N–H and O–H groups in total. The SMILES string of the molecule is Cc1cc2oc(=O)cc(COC(=O)[C@@H]3CC(=O)N(Cc4ccco4)C3)c2cc1C(C)C. The number of rotatable bonds is 6. The normalized spacial score (nSPS) is 16.5. The first-order chi connectivity index (χ1) is 14.8. The van der Waals surface area contributed by atoms with Crippen molar-refractivity contribution in [2.75, 3.05) is 6.54 Å². The van der Waals surface area contributed by atoms with E-state index >= 15 is 0 Å². The summed E-state index contributed by atoms with van der Waals surface area (Å²) in [5.74, 6) is -0.131. The minimum atomic E-state index is -0.540. The maximum absolute atomic E-state index is 12.6. The van der Waals surface area contributed by atoms with Gasteiger partial charge in [-0.15, -0.1) is 0 Å². The van der Waals surface area contributed by atoms with Gasteiger partial charge in [-0.2, -0.15) is 0 Å². The highest BCUT2D eigenvalue weighted by molar-refractivity contribution is 5.87. The molecule has 1 amide bonds. The molecule has 1 atom stereocenters. The average molecular weight is 423 g/mol. The molecule has 31 heavy (non-hydrogen) atoms. The zero-order valence-electron chi connectivity index (χ0n) is 17.8. The first-order valence-electron chi connectivity index (χ1n) is 10.4. The Labute approximate surface area is 179 Å². The second-order valence-corrected chi connectivity index (χ2v) is 8.31. The summed E-state index contributed by atoms with van der Waals surface area (Å²) in [6.45, 7) is 6.73. The molecule has 0 spiro atoms. The largest absolute Gasteiger partial charge is 0.467 e. The van der Waals surface area contributed by atoms with Crippen LogP contribution in [-0.2, 0) is 27.5 Å². The number of amides is 1. The molecular formula is C24H25NO6. The van der Waals surface area contributed by atoms with Gasteiger partial charge in [0.2, 0.25) is 5.91 Å². The van der Waals surface area contributed by atoms with Crippen LogP contribution in [0.25, 0.3) is 11.0 Å². The second-order valence-electron chi connectivity index (χ2n) is 8.31. The summed E-state index contributed by atoms with van der Waals surface area (Å²) in [5, 5.41) is 0.753. The lowest BCUT2D eigenvalue weighted by Crippen LogP contribution is -2.26. The summed E-state index contributed by atoms with van der Waals surface area (Å²) in [6, 6.07) is 8.75. The van der Waals surface area contributed by atoms with E-state index in [1.807, 2.05) is 19.1 Å². The van der Waals surface area contributed by atoms with Crippen LogP contribution < -0.4 is 5.63 Å². The van der Waals surface area contributed by atoms with Crippen LogP contribution >= 0.6 is 0 Å². The molecule has 162 valence electrons. The van der Waals surface area contributed by atoms with E-state index in [1.54, 1.807) is 23.3 Å². The molecule has 7 heteroatoms. The summed E-state index contributed by atoms with van der Waals surface area (Å²) >= 11 is 0. The third kappa shape index (κ3) is 4.40. The molecule has 1 aromatic carbocycles. The highest BCUT2D eigenvalue weighted by Gasteiger charge is 2.35. The van der Waals surface area contributed by atoms with Crippen molar-refractivity contribution in [3.05, 3.63) is 69.5 Å². The van der Waals surface area contributed by atoms with Gasteiger partial charge in [-0.25, -0.2) is 4.79 Å². The van der Waals surface area contributed by atoms with Crippen LogP contribution in [0.5, 0.6) is 0 Å². The fourth-order valence-electron chi connectivity index (χ4n) is 4.07. The van der Waals surface area contributed by atoms with Crippen molar-refractivity contribution < 1.29 is 23.2 Å². The van der Waals surface area contributed by atoms with Crippen LogP contribution in [-0.4, -0.2) is 23.3 Å². The number of nitrogens with zero attached hydrogens (tertiary/aromatic N) is 1. The van der Waals surface area contributed by atoms with Crippen molar-refractivity contribution in [2.24, 2.45) is 5.92 Å². The third-order valence-electron chi connectivity index (χ3n) is 5.68. The van der Waals surface area contributed by atoms with Crippen molar-refractivity contribution in [3.63, 3.8) is 0 Å². The maximum Gasteiger partial charge on any atom is 0.336 e. The van der Waals surface area contributed by atoms with E-state index in [4.69, 9.17) is 13.6 Å². The molecule has 1 fully saturated rings. The lowest BCUT2D eigenvalue weighted by molar-refractivity contribution is -0.149. The van der Waals surface area contributed by atoms with Gasteiger partial charge in [-0.05, 0) is 48.2 Å². The molecule has 1 saturated heterocycles. The number of hydrogen-bond donors (Lipinski definition) is 0. The smallest absolute Gasteiger partial charge is 0.336 e. The molecule has 3 aromatic rings. The van der Waals surface area contributed by atoms with Gasteiger partial charge in [0.15, 0.2) is 0 Å². The second kappa shape index (κ2) is 8.41. The van der Waals surface area contributed by atoms with Crippen molar-refractivity contribution in [1.29, 1.82) is 0 Å². The molecule has 4 rings (SSSR count). The standard InChI is InChI=1S/C24H25NO6/c1-14(2)19-10-20-17(9-23(27)31-21(20)7-15(19)3)13-30-24(28)16-8-22(26)25(11-16)12-18-5-4-6-29-18/h4-7,9-10,14,16H,8,11-13H2,1-3H3/t16-/m1/s1. The number of likely N-dealkylation sites (tertiary alicyclic amines) is 1. The molecule has 0 aliphatic carbocycles. The molecule has 2 aromatic heterocycles. The summed E-state index contributed by atoms with van der Waals surface area (Å²) in [4.78, 5) is 38.5. The minimum absolute atomic E-state index is 0.0512. The summed E-state index contributed by atoms with van der Waals surface area (Å²) < 4.78 is 16.1. The fraction of sp³-hybridized carbons (Fsp3) is 0.375. The Hall–Kier alpha value is -3.35. The predicted octanol–water partition coefficient (Wildman–Crippen LogP) is 3.91. The topological polar surface area (TPSA) is 90.0 Å². The van der Waals surface area contributed by atoms with Gasteiger partial charge in [-0.3, -0.25) is 9.59 Å². The maximum atomic E-state index is 12.6. The molecule has 0 unspecified atom stereocenters. The molecule has 0 bridgehead atoms. The van der Waals surface area contributed by atoms with E-state index in [-0.39, 0.29) is 25.5 Å². The molecule has 1 aliphatic rings. The van der Waals surface area contributed by atoms with Gasteiger partial charge in [0.05, 0.1) is 18.7 Å². The van der Waals surface area contributed by atoms with E-state index in [0.29, 0.717) is 29.4 Å². The van der Waals surface area contributed by atoms with Crippen LogP contribution in [0.4, 0.5) is 0 Å². The Balaban J connectivity index is 1.48. The molecule has 0 radical (unpaired) electrons. The van der Waals surface area contributed by atoms with E-state index < -0.39 is 17.5 Å². The highest BCUT2D eigenvalue weighted by atomic mass is 16.5. The lowest BCUT2D eigenvalue weighted by atomic mass is 9.95. The van der Waals surface area contributed by atoms with Gasteiger partial charge in [0.1, 0.15) is 18.0 Å². The Morgan fingerprint density at radius 1 is 1.26 bits per heavy atom. The van der Waals surface area contributed by atoms with Crippen molar-refractivity contribution in [1.82, 2.24) is 4.90 Å². The van der Waals surface area contributed by atoms with Gasteiger partial charge in [-0.1, -0.05) is 13.8 Å². The monoisotopic (exact) mass is 423 g/mol. The zero-order chi connectivity index (χ0) is 22.1. The summed E-state index contributed by atoms with van der Waals surface area (Å²) in [6.07, 6.45) is 1.66. The molecular weight excluding hydrogens is 398 g/mol. The van der Waals surface area contributed by atoms with Crippen molar-refractivity contribution in [3.8, 4) is 0 Å². The Bertz CT molecular complexity index is 1170. The molecule has 0 saturated carbocycles. The number of furan rings is 1. The van der Waals surface area contributed by atoms with Crippen LogP contribution in [0, 0.1) is 12.8 Å². The molecule has 1 aliphatic heterocycles. The Morgan fingerprint density at radius 2 is 2.06 bits per heavy atom. The van der Waals surface area contributed by atoms with Gasteiger partial charge in [0, 0.05) is 30.0 Å². The number of carbonyl (C=O) groups excluding carboxylic acids is 2. The number of hydrogen-bond acceptors (Lipinski definition) is 6. The van der Waals surface area contributed by atoms with Gasteiger partial charge < -0.3 is 18.5 Å². The Kier molecular flexibility index (Phi) is 5.67. The minimum Gasteiger partial charge on any atom is -0.467 e. The number of fused-ring (bicyclic) bond motifs is 1. The highest BCUT2D eigenvalue weighted by Crippen LogP contribution is 2.28. The van der Waals surface area contributed by atoms with Gasteiger partial charge in [0.25, 0.3) is 0 Å². The van der Waals surface area contributed by atoms with E-state index in [2.05, 4.69) is 13.8 Å². The predicted molar refractivity (Wildman–Crippen MR) is 113 cm³/mol.